The molecule has 0 unspecified atom stereocenters. The van der Waals surface area contributed by atoms with E-state index in [0.717, 1.165) is 34.8 Å². The number of hydrogen-bond donors (Lipinski definition) is 1. The Morgan fingerprint density at radius 1 is 1.29 bits per heavy atom. The highest BCUT2D eigenvalue weighted by molar-refractivity contribution is 7.83. The summed E-state index contributed by atoms with van der Waals surface area (Å²) >= 11 is 0. The highest BCUT2D eigenvalue weighted by Gasteiger charge is 2.15. The van der Waals surface area contributed by atoms with Crippen molar-refractivity contribution in [1.82, 2.24) is 14.3 Å². The van der Waals surface area contributed by atoms with Crippen LogP contribution in [0.2, 0.25) is 0 Å². The summed E-state index contributed by atoms with van der Waals surface area (Å²) in [6.07, 6.45) is 2.76. The van der Waals surface area contributed by atoms with Gasteiger partial charge in [-0.05, 0) is 32.3 Å². The molecule has 0 aromatic carbocycles. The van der Waals surface area contributed by atoms with Gasteiger partial charge < -0.3 is 9.87 Å². The fraction of sp³-hybridized carbons (Fsp3) is 0.692. The van der Waals surface area contributed by atoms with E-state index in [1.807, 2.05) is 13.8 Å². The molecule has 7 nitrogen and oxygen atoms in total. The van der Waals surface area contributed by atoms with Crippen LogP contribution >= 0.6 is 0 Å². The number of rotatable bonds is 8. The Bertz CT molecular complexity index is 575. The summed E-state index contributed by atoms with van der Waals surface area (Å²) in [5.74, 6) is 0.460. The Hall–Kier alpha value is -1.25. The zero-order valence-electron chi connectivity index (χ0n) is 13.0. The third-order valence-corrected chi connectivity index (χ3v) is 4.06. The summed E-state index contributed by atoms with van der Waals surface area (Å²) in [6, 6.07) is 0. The molecule has 120 valence electrons. The first-order chi connectivity index (χ1) is 9.79. The van der Waals surface area contributed by atoms with Crippen molar-refractivity contribution in [1.29, 1.82) is 0 Å². The van der Waals surface area contributed by atoms with Gasteiger partial charge in [0.1, 0.15) is 0 Å². The van der Waals surface area contributed by atoms with Crippen LogP contribution in [-0.4, -0.2) is 40.8 Å². The third-order valence-electron chi connectivity index (χ3n) is 3.17. The fourth-order valence-electron chi connectivity index (χ4n) is 1.99. The Morgan fingerprint density at radius 2 is 1.95 bits per heavy atom. The average molecular weight is 315 g/mol. The van der Waals surface area contributed by atoms with Crippen molar-refractivity contribution >= 4 is 16.3 Å². The molecule has 0 radical (unpaired) electrons. The lowest BCUT2D eigenvalue weighted by Crippen LogP contribution is -2.27. The molecule has 1 aromatic heterocycles. The minimum absolute atomic E-state index is 0.0351. The third kappa shape index (κ3) is 5.22. The van der Waals surface area contributed by atoms with Crippen LogP contribution in [0, 0.1) is 6.92 Å². The topological polar surface area (TPSA) is 98.2 Å². The maximum Gasteiger partial charge on any atom is 0.223 e. The molecule has 0 bridgehead atoms. The Kier molecular flexibility index (Phi) is 6.50. The molecule has 0 aliphatic heterocycles. The van der Waals surface area contributed by atoms with E-state index >= 15 is 0 Å². The molecule has 0 aliphatic carbocycles. The zero-order chi connectivity index (χ0) is 16.0. The van der Waals surface area contributed by atoms with Crippen LogP contribution in [0.4, 0.5) is 5.95 Å². The predicted octanol–water partition coefficient (Wildman–Crippen LogP) is 1.45. The summed E-state index contributed by atoms with van der Waals surface area (Å²) in [5, 5.41) is 3.02. The van der Waals surface area contributed by atoms with Crippen LogP contribution in [0.3, 0.4) is 0 Å². The van der Waals surface area contributed by atoms with Gasteiger partial charge in [-0.15, -0.1) is 0 Å². The van der Waals surface area contributed by atoms with Gasteiger partial charge in [0.05, 0.1) is 12.2 Å². The molecule has 21 heavy (non-hydrogen) atoms. The Morgan fingerprint density at radius 3 is 2.48 bits per heavy atom. The molecule has 0 aliphatic rings. The van der Waals surface area contributed by atoms with Crippen LogP contribution in [-0.2, 0) is 23.3 Å². The minimum atomic E-state index is -4.47. The second-order valence-corrected chi connectivity index (χ2v) is 6.38. The van der Waals surface area contributed by atoms with Crippen LogP contribution in [0.15, 0.2) is 0 Å². The molecular weight excluding hydrogens is 292 g/mol. The number of nitrogens with zero attached hydrogens (tertiary/aromatic N) is 3. The van der Waals surface area contributed by atoms with E-state index in [9.17, 15) is 13.0 Å². The van der Waals surface area contributed by atoms with Crippen molar-refractivity contribution in [2.24, 2.45) is 0 Å². The molecule has 1 rings (SSSR count). The first-order valence-electron chi connectivity index (χ1n) is 7.07. The number of unbranched alkanes of at least 4 members (excludes halogenated alkanes) is 1. The molecule has 8 heteroatoms. The largest absolute Gasteiger partial charge is 0.735 e. The van der Waals surface area contributed by atoms with Gasteiger partial charge >= 0.3 is 0 Å². The van der Waals surface area contributed by atoms with Gasteiger partial charge in [0, 0.05) is 19.3 Å². The molecule has 1 heterocycles. The maximum atomic E-state index is 11.1. The molecular formula is C13H23N4O3S-. The highest BCUT2D eigenvalue weighted by atomic mass is 32.2. The molecule has 0 saturated heterocycles. The van der Waals surface area contributed by atoms with Gasteiger partial charge in [-0.1, -0.05) is 13.3 Å². The molecule has 0 saturated carbocycles. The smallest absolute Gasteiger partial charge is 0.223 e. The quantitative estimate of drug-likeness (QED) is 0.729. The van der Waals surface area contributed by atoms with E-state index in [1.54, 1.807) is 0 Å². The standard InChI is InChI=1S/C13H24N4O3S/c1-5-7-8-11-10(3)15-13(14-6-2)16-12(11)9-17(4)21(18,19)20/h5-9H2,1-4H3,(H,14,15,16)(H,18,19,20)/p-1. The van der Waals surface area contributed by atoms with E-state index in [0.29, 0.717) is 18.2 Å². The average Bonchev–Trinajstić information content (AvgIpc) is 2.37. The van der Waals surface area contributed by atoms with Crippen LogP contribution < -0.4 is 5.32 Å². The second kappa shape index (κ2) is 7.67. The van der Waals surface area contributed by atoms with Crippen molar-refractivity contribution in [3.05, 3.63) is 17.0 Å². The molecule has 0 atom stereocenters. The highest BCUT2D eigenvalue weighted by Crippen LogP contribution is 2.18. The van der Waals surface area contributed by atoms with Crippen LogP contribution in [0.5, 0.6) is 0 Å². The number of aryl methyl sites for hydroxylation is 1. The summed E-state index contributed by atoms with van der Waals surface area (Å²) in [6.45, 7) is 6.52. The van der Waals surface area contributed by atoms with Crippen molar-refractivity contribution < 1.29 is 13.0 Å². The van der Waals surface area contributed by atoms with E-state index in [2.05, 4.69) is 22.2 Å². The van der Waals surface area contributed by atoms with Gasteiger partial charge in [0.25, 0.3) is 0 Å². The number of hydrogen-bond acceptors (Lipinski definition) is 6. The lowest BCUT2D eigenvalue weighted by molar-refractivity contribution is 0.368. The lowest BCUT2D eigenvalue weighted by Gasteiger charge is -2.22. The first kappa shape index (κ1) is 17.8. The second-order valence-electron chi connectivity index (χ2n) is 4.91. The SMILES string of the molecule is CCCCc1c(C)nc(NCC)nc1CN(C)S(=O)(=O)[O-]. The van der Waals surface area contributed by atoms with E-state index in [1.165, 1.54) is 7.05 Å². The molecule has 0 spiro atoms. The normalized spacial score (nSPS) is 11.9. The number of aromatic nitrogens is 2. The van der Waals surface area contributed by atoms with Crippen LogP contribution in [0.25, 0.3) is 0 Å². The van der Waals surface area contributed by atoms with Crippen molar-refractivity contribution in [3.63, 3.8) is 0 Å². The molecule has 0 fully saturated rings. The molecule has 1 aromatic rings. The fourth-order valence-corrected chi connectivity index (χ4v) is 2.27. The summed E-state index contributed by atoms with van der Waals surface area (Å²) in [5.41, 5.74) is 2.34. The van der Waals surface area contributed by atoms with Gasteiger partial charge in [0.15, 0.2) is 10.3 Å². The summed E-state index contributed by atoms with van der Waals surface area (Å²) < 4.78 is 34.0. The summed E-state index contributed by atoms with van der Waals surface area (Å²) in [7, 11) is -3.21. The van der Waals surface area contributed by atoms with Gasteiger partial charge in [-0.3, -0.25) is 0 Å². The molecule has 0 amide bonds. The molecule has 1 N–H and O–H groups in total. The van der Waals surface area contributed by atoms with Crippen molar-refractivity contribution in [3.8, 4) is 0 Å². The van der Waals surface area contributed by atoms with Gasteiger partial charge in [0.2, 0.25) is 5.95 Å². The van der Waals surface area contributed by atoms with Crippen molar-refractivity contribution in [2.45, 2.75) is 46.6 Å². The zero-order valence-corrected chi connectivity index (χ0v) is 13.8. The van der Waals surface area contributed by atoms with Gasteiger partial charge in [-0.2, -0.15) is 0 Å². The maximum absolute atomic E-state index is 11.1. The Balaban J connectivity index is 3.16. The summed E-state index contributed by atoms with van der Waals surface area (Å²) in [4.78, 5) is 8.74. The minimum Gasteiger partial charge on any atom is -0.735 e. The predicted molar refractivity (Wildman–Crippen MR) is 80.7 cm³/mol. The monoisotopic (exact) mass is 315 g/mol. The first-order valence-corrected chi connectivity index (χ1v) is 8.43. The van der Waals surface area contributed by atoms with E-state index < -0.39 is 10.3 Å². The van der Waals surface area contributed by atoms with E-state index in [4.69, 9.17) is 0 Å². The van der Waals surface area contributed by atoms with Gasteiger partial charge in [-0.25, -0.2) is 22.7 Å². The number of anilines is 1. The number of nitrogens with one attached hydrogen (secondary N) is 1. The van der Waals surface area contributed by atoms with E-state index in [-0.39, 0.29) is 6.54 Å². The van der Waals surface area contributed by atoms with Crippen molar-refractivity contribution in [2.75, 3.05) is 18.9 Å². The van der Waals surface area contributed by atoms with Crippen LogP contribution in [0.1, 0.15) is 43.6 Å². The Labute approximate surface area is 126 Å². The lowest BCUT2D eigenvalue weighted by atomic mass is 10.0.